The van der Waals surface area contributed by atoms with Crippen molar-refractivity contribution in [1.82, 2.24) is 29.0 Å². The van der Waals surface area contributed by atoms with Crippen LogP contribution in [0.4, 0.5) is 8.78 Å². The molecule has 0 aliphatic carbocycles. The molecule has 216 valence electrons. The van der Waals surface area contributed by atoms with Crippen molar-refractivity contribution in [2.75, 3.05) is 32.9 Å². The van der Waals surface area contributed by atoms with E-state index in [9.17, 15) is 13.6 Å². The number of fused-ring (bicyclic) bond motifs is 4. The van der Waals surface area contributed by atoms with Crippen LogP contribution in [0.5, 0.6) is 11.8 Å². The van der Waals surface area contributed by atoms with Gasteiger partial charge in [-0.25, -0.2) is 9.97 Å². The van der Waals surface area contributed by atoms with Gasteiger partial charge in [-0.3, -0.25) is 14.3 Å². The van der Waals surface area contributed by atoms with Gasteiger partial charge in [0.05, 0.1) is 43.1 Å². The molecule has 0 spiro atoms. The number of benzene rings is 2. The highest BCUT2D eigenvalue weighted by Gasteiger charge is 2.26. The van der Waals surface area contributed by atoms with Crippen LogP contribution in [0.15, 0.2) is 59.5 Å². The van der Waals surface area contributed by atoms with Gasteiger partial charge in [-0.2, -0.15) is 13.8 Å². The normalized spacial score (nSPS) is 15.7. The molecule has 2 aromatic carbocycles. The number of aromatic nitrogens is 5. The van der Waals surface area contributed by atoms with Crippen molar-refractivity contribution in [3.8, 4) is 28.6 Å². The van der Waals surface area contributed by atoms with E-state index in [1.54, 1.807) is 24.4 Å². The molecule has 2 aliphatic heterocycles. The lowest BCUT2D eigenvalue weighted by Crippen LogP contribution is -2.42. The molecule has 7 rings (SSSR count). The lowest BCUT2D eigenvalue weighted by Gasteiger charge is -2.34. The number of imidazole rings is 1. The minimum Gasteiger partial charge on any atom is -0.464 e. The van der Waals surface area contributed by atoms with Crippen molar-refractivity contribution in [3.63, 3.8) is 0 Å². The van der Waals surface area contributed by atoms with Gasteiger partial charge >= 0.3 is 12.6 Å². The van der Waals surface area contributed by atoms with E-state index in [4.69, 9.17) is 14.5 Å². The van der Waals surface area contributed by atoms with Crippen LogP contribution in [-0.4, -0.2) is 68.5 Å². The topological polar surface area (TPSA) is 96.5 Å². The van der Waals surface area contributed by atoms with E-state index in [-0.39, 0.29) is 17.3 Å². The Kier molecular flexibility index (Phi) is 6.79. The molecule has 10 nitrogen and oxygen atoms in total. The molecule has 2 aliphatic rings. The standard InChI is InChI=1S/C30H28F2N6O4/c1-2-41-30-33-13-20-11-23(28(39)38(27(20)35-30)21-4-6-22(7-5-21)42-29(31)32)19-3-8-24-25(12-19)37-10-9-36(15-26(37)34-24)14-18-16-40-17-18/h3-8,11-13,18,29H,2,9-10,14-17H2,1H3. The third-order valence-corrected chi connectivity index (χ3v) is 7.68. The molecule has 0 bridgehead atoms. The lowest BCUT2D eigenvalue weighted by atomic mass is 10.0. The van der Waals surface area contributed by atoms with E-state index in [1.165, 1.54) is 16.7 Å². The van der Waals surface area contributed by atoms with E-state index in [2.05, 4.69) is 24.2 Å². The quantitative estimate of drug-likeness (QED) is 0.271. The molecular formula is C30H28F2N6O4. The molecule has 1 fully saturated rings. The number of hydrogen-bond acceptors (Lipinski definition) is 8. The molecule has 0 radical (unpaired) electrons. The Balaban J connectivity index is 1.32. The zero-order valence-electron chi connectivity index (χ0n) is 22.9. The van der Waals surface area contributed by atoms with E-state index < -0.39 is 6.61 Å². The summed E-state index contributed by atoms with van der Waals surface area (Å²) in [6, 6.07) is 13.6. The van der Waals surface area contributed by atoms with Crippen molar-refractivity contribution in [3.05, 3.63) is 70.9 Å². The second-order valence-electron chi connectivity index (χ2n) is 10.5. The number of alkyl halides is 2. The Morgan fingerprint density at radius 1 is 1.07 bits per heavy atom. The smallest absolute Gasteiger partial charge is 0.387 e. The maximum atomic E-state index is 14.1. The van der Waals surface area contributed by atoms with E-state index in [0.29, 0.717) is 34.8 Å². The van der Waals surface area contributed by atoms with Crippen LogP contribution in [0.2, 0.25) is 0 Å². The fraction of sp³-hybridized carbons (Fsp3) is 0.333. The maximum absolute atomic E-state index is 14.1. The molecule has 1 saturated heterocycles. The lowest BCUT2D eigenvalue weighted by molar-refractivity contribution is -0.0498. The summed E-state index contributed by atoms with van der Waals surface area (Å²) in [5.41, 5.74) is 3.48. The van der Waals surface area contributed by atoms with Crippen LogP contribution in [0, 0.1) is 5.92 Å². The summed E-state index contributed by atoms with van der Waals surface area (Å²) < 4.78 is 44.5. The van der Waals surface area contributed by atoms with Crippen molar-refractivity contribution in [2.45, 2.75) is 26.6 Å². The average Bonchev–Trinajstić information content (AvgIpc) is 3.32. The Morgan fingerprint density at radius 3 is 2.64 bits per heavy atom. The monoisotopic (exact) mass is 574 g/mol. The molecule has 5 aromatic rings. The van der Waals surface area contributed by atoms with Gasteiger partial charge in [-0.1, -0.05) is 6.07 Å². The van der Waals surface area contributed by atoms with Gasteiger partial charge in [0.2, 0.25) is 0 Å². The van der Waals surface area contributed by atoms with Crippen molar-refractivity contribution >= 4 is 22.1 Å². The van der Waals surface area contributed by atoms with E-state index >= 15 is 0 Å². The van der Waals surface area contributed by atoms with Gasteiger partial charge in [-0.15, -0.1) is 0 Å². The number of hydrogen-bond donors (Lipinski definition) is 0. The van der Waals surface area contributed by atoms with Crippen LogP contribution in [-0.2, 0) is 17.8 Å². The van der Waals surface area contributed by atoms with Crippen LogP contribution in [0.1, 0.15) is 12.7 Å². The Labute approximate surface area is 239 Å². The van der Waals surface area contributed by atoms with Gasteiger partial charge in [-0.05, 0) is 55.0 Å². The van der Waals surface area contributed by atoms with Crippen LogP contribution < -0.4 is 15.0 Å². The summed E-state index contributed by atoms with van der Waals surface area (Å²) in [5.74, 6) is 1.58. The largest absolute Gasteiger partial charge is 0.464 e. The number of pyridine rings is 1. The van der Waals surface area contributed by atoms with Crippen LogP contribution in [0.25, 0.3) is 38.9 Å². The number of ether oxygens (including phenoxy) is 3. The third-order valence-electron chi connectivity index (χ3n) is 7.68. The van der Waals surface area contributed by atoms with Gasteiger partial charge < -0.3 is 18.8 Å². The fourth-order valence-corrected chi connectivity index (χ4v) is 5.64. The molecule has 3 aromatic heterocycles. The van der Waals surface area contributed by atoms with Gasteiger partial charge in [0.15, 0.2) is 5.65 Å². The maximum Gasteiger partial charge on any atom is 0.387 e. The Morgan fingerprint density at radius 2 is 1.90 bits per heavy atom. The van der Waals surface area contributed by atoms with E-state index in [1.807, 2.05) is 25.1 Å². The summed E-state index contributed by atoms with van der Waals surface area (Å²) >= 11 is 0. The summed E-state index contributed by atoms with van der Waals surface area (Å²) in [6.07, 6.45) is 1.61. The highest BCUT2D eigenvalue weighted by atomic mass is 19.3. The number of halogens is 2. The first-order valence-electron chi connectivity index (χ1n) is 13.9. The summed E-state index contributed by atoms with van der Waals surface area (Å²) in [4.78, 5) is 30.2. The number of nitrogens with zero attached hydrogens (tertiary/aromatic N) is 6. The second kappa shape index (κ2) is 10.8. The van der Waals surface area contributed by atoms with Crippen LogP contribution in [0.3, 0.4) is 0 Å². The van der Waals surface area contributed by atoms with Gasteiger partial charge in [0.25, 0.3) is 5.56 Å². The van der Waals surface area contributed by atoms with Gasteiger partial charge in [0, 0.05) is 42.7 Å². The highest BCUT2D eigenvalue weighted by molar-refractivity contribution is 5.87. The predicted octanol–water partition coefficient (Wildman–Crippen LogP) is 4.26. The van der Waals surface area contributed by atoms with Crippen LogP contribution >= 0.6 is 0 Å². The fourth-order valence-electron chi connectivity index (χ4n) is 5.64. The molecule has 0 N–H and O–H groups in total. The molecule has 5 heterocycles. The van der Waals surface area contributed by atoms with E-state index in [0.717, 1.165) is 61.8 Å². The third kappa shape index (κ3) is 4.86. The molecule has 0 amide bonds. The molecule has 0 atom stereocenters. The first-order chi connectivity index (χ1) is 20.5. The minimum absolute atomic E-state index is 0.0116. The summed E-state index contributed by atoms with van der Waals surface area (Å²) in [6.45, 7) is 4.39. The first-order valence-corrected chi connectivity index (χ1v) is 13.9. The minimum atomic E-state index is -2.95. The summed E-state index contributed by atoms with van der Waals surface area (Å²) in [5, 5.41) is 0.618. The van der Waals surface area contributed by atoms with Crippen molar-refractivity contribution in [1.29, 1.82) is 0 Å². The molecular weight excluding hydrogens is 546 g/mol. The Bertz CT molecular complexity index is 1830. The highest BCUT2D eigenvalue weighted by Crippen LogP contribution is 2.29. The molecule has 42 heavy (non-hydrogen) atoms. The average molecular weight is 575 g/mol. The van der Waals surface area contributed by atoms with Gasteiger partial charge in [0.1, 0.15) is 11.6 Å². The second-order valence-corrected chi connectivity index (χ2v) is 10.5. The number of rotatable bonds is 8. The summed E-state index contributed by atoms with van der Waals surface area (Å²) in [7, 11) is 0. The molecule has 0 unspecified atom stereocenters. The van der Waals surface area contributed by atoms with Crippen molar-refractivity contribution in [2.24, 2.45) is 5.92 Å². The molecule has 12 heteroatoms. The zero-order chi connectivity index (χ0) is 28.8. The zero-order valence-corrected chi connectivity index (χ0v) is 22.9. The molecule has 0 saturated carbocycles. The predicted molar refractivity (Wildman–Crippen MR) is 151 cm³/mol. The first kappa shape index (κ1) is 26.5. The Hall–Kier alpha value is -4.42. The SMILES string of the molecule is CCOc1ncc2cc(-c3ccc4nc5n(c4c3)CCN(CC3COC3)C5)c(=O)n(-c3ccc(OC(F)F)cc3)c2n1. The van der Waals surface area contributed by atoms with Crippen molar-refractivity contribution < 1.29 is 23.0 Å².